The van der Waals surface area contributed by atoms with Gasteiger partial charge in [0.25, 0.3) is 11.8 Å². The summed E-state index contributed by atoms with van der Waals surface area (Å²) in [7, 11) is 2.01. The Morgan fingerprint density at radius 1 is 1.27 bits per heavy atom. The molecule has 3 heterocycles. The third-order valence-electron chi connectivity index (χ3n) is 4.71. The number of amides is 2. The van der Waals surface area contributed by atoms with Crippen LogP contribution in [0.5, 0.6) is 0 Å². The number of carbonyl (C=O) groups excluding carboxylic acids is 2. The topological polar surface area (TPSA) is 91.6 Å². The van der Waals surface area contributed by atoms with E-state index in [1.54, 1.807) is 12.1 Å². The van der Waals surface area contributed by atoms with Crippen molar-refractivity contribution in [3.8, 4) is 0 Å². The second-order valence-corrected chi connectivity index (χ2v) is 6.49. The van der Waals surface area contributed by atoms with Crippen LogP contribution < -0.4 is 5.32 Å². The summed E-state index contributed by atoms with van der Waals surface area (Å²) in [4.78, 5) is 32.7. The fraction of sp³-hybridized carbons (Fsp3) is 0.412. The molecule has 0 saturated carbocycles. The minimum Gasteiger partial charge on any atom is -0.337 e. The van der Waals surface area contributed by atoms with Crippen molar-refractivity contribution in [2.45, 2.75) is 19.5 Å². The van der Waals surface area contributed by atoms with Gasteiger partial charge in [-0.25, -0.2) is 0 Å². The number of carbonyl (C=O) groups is 2. The summed E-state index contributed by atoms with van der Waals surface area (Å²) in [6.45, 7) is 4.43. The highest BCUT2D eigenvalue weighted by Crippen LogP contribution is 2.26. The van der Waals surface area contributed by atoms with Crippen LogP contribution in [0.2, 0.25) is 0 Å². The maximum absolute atomic E-state index is 12.5. The highest BCUT2D eigenvalue weighted by Gasteiger charge is 2.37. The van der Waals surface area contributed by atoms with Gasteiger partial charge in [0.15, 0.2) is 5.82 Å². The molecular formula is C17H20ClN5O3. The zero-order chi connectivity index (χ0) is 17.6. The van der Waals surface area contributed by atoms with Crippen LogP contribution in [0.15, 0.2) is 22.7 Å². The molecule has 138 valence electrons. The van der Waals surface area contributed by atoms with Gasteiger partial charge in [-0.05, 0) is 26.1 Å². The summed E-state index contributed by atoms with van der Waals surface area (Å²) in [6.07, 6.45) is 0. The number of aryl methyl sites for hydroxylation is 1. The van der Waals surface area contributed by atoms with Gasteiger partial charge < -0.3 is 9.84 Å². The first kappa shape index (κ1) is 18.5. The van der Waals surface area contributed by atoms with Gasteiger partial charge in [-0.1, -0.05) is 16.8 Å². The number of imide groups is 1. The second-order valence-electron chi connectivity index (χ2n) is 6.49. The molecule has 1 fully saturated rings. The van der Waals surface area contributed by atoms with E-state index in [0.717, 1.165) is 30.1 Å². The summed E-state index contributed by atoms with van der Waals surface area (Å²) < 4.78 is 5.29. The minimum atomic E-state index is -0.323. The van der Waals surface area contributed by atoms with Gasteiger partial charge in [-0.15, -0.1) is 12.4 Å². The largest absolute Gasteiger partial charge is 0.337 e. The number of nitrogens with one attached hydrogen (secondary N) is 1. The Labute approximate surface area is 156 Å². The third kappa shape index (κ3) is 3.11. The average molecular weight is 378 g/mol. The Kier molecular flexibility index (Phi) is 5.08. The molecule has 2 amide bonds. The van der Waals surface area contributed by atoms with Crippen molar-refractivity contribution in [1.82, 2.24) is 25.3 Å². The summed E-state index contributed by atoms with van der Waals surface area (Å²) in [5.74, 6) is 0.188. The van der Waals surface area contributed by atoms with E-state index in [1.807, 2.05) is 20.0 Å². The lowest BCUT2D eigenvalue weighted by atomic mass is 10.1. The standard InChI is InChI=1S/C17H19N5O3.ClH/c1-10-3-4-11-12(7-10)17(24)22(16(11)23)9-14-19-15(20-25-14)13-8-18-5-6-21(13)2;/h3-4,7,13,18H,5-6,8-9H2,1-2H3;1H. The van der Waals surface area contributed by atoms with Crippen LogP contribution in [0.1, 0.15) is 44.0 Å². The van der Waals surface area contributed by atoms with E-state index in [2.05, 4.69) is 20.4 Å². The molecule has 2 aliphatic heterocycles. The monoisotopic (exact) mass is 377 g/mol. The Morgan fingerprint density at radius 3 is 2.81 bits per heavy atom. The van der Waals surface area contributed by atoms with Crippen molar-refractivity contribution >= 4 is 24.2 Å². The molecule has 1 aromatic heterocycles. The fourth-order valence-electron chi connectivity index (χ4n) is 3.25. The lowest BCUT2D eigenvalue weighted by molar-refractivity contribution is 0.0625. The van der Waals surface area contributed by atoms with Crippen molar-refractivity contribution in [2.75, 3.05) is 26.7 Å². The van der Waals surface area contributed by atoms with Crippen LogP contribution in [0, 0.1) is 6.92 Å². The lowest BCUT2D eigenvalue weighted by Crippen LogP contribution is -2.44. The van der Waals surface area contributed by atoms with Gasteiger partial charge in [0.2, 0.25) is 5.89 Å². The van der Waals surface area contributed by atoms with Gasteiger partial charge >= 0.3 is 0 Å². The number of aromatic nitrogens is 2. The van der Waals surface area contributed by atoms with E-state index in [0.29, 0.717) is 17.0 Å². The zero-order valence-corrected chi connectivity index (χ0v) is 15.4. The number of fused-ring (bicyclic) bond motifs is 1. The molecule has 26 heavy (non-hydrogen) atoms. The van der Waals surface area contributed by atoms with Gasteiger partial charge in [-0.2, -0.15) is 4.98 Å². The number of likely N-dealkylation sites (N-methyl/N-ethyl adjacent to an activating group) is 1. The Morgan fingerprint density at radius 2 is 2.04 bits per heavy atom. The Bertz CT molecular complexity index is 853. The molecule has 1 aromatic carbocycles. The van der Waals surface area contributed by atoms with Gasteiger partial charge in [-0.3, -0.25) is 19.4 Å². The second kappa shape index (κ2) is 7.14. The summed E-state index contributed by atoms with van der Waals surface area (Å²) in [6, 6.07) is 5.27. The van der Waals surface area contributed by atoms with Gasteiger partial charge in [0.05, 0.1) is 17.2 Å². The molecule has 0 bridgehead atoms. The quantitative estimate of drug-likeness (QED) is 0.803. The Balaban J connectivity index is 0.00000196. The van der Waals surface area contributed by atoms with Crippen LogP contribution in [-0.2, 0) is 6.54 Å². The van der Waals surface area contributed by atoms with Crippen LogP contribution in [0.25, 0.3) is 0 Å². The van der Waals surface area contributed by atoms with E-state index in [9.17, 15) is 9.59 Å². The molecular weight excluding hydrogens is 358 g/mol. The number of hydrogen-bond donors (Lipinski definition) is 1. The lowest BCUT2D eigenvalue weighted by Gasteiger charge is -2.30. The highest BCUT2D eigenvalue weighted by atomic mass is 35.5. The molecule has 1 atom stereocenters. The van der Waals surface area contributed by atoms with Crippen molar-refractivity contribution in [3.63, 3.8) is 0 Å². The molecule has 1 saturated heterocycles. The van der Waals surface area contributed by atoms with Crippen LogP contribution >= 0.6 is 12.4 Å². The van der Waals surface area contributed by atoms with E-state index < -0.39 is 0 Å². The normalized spacial score (nSPS) is 20.2. The average Bonchev–Trinajstić information content (AvgIpc) is 3.15. The predicted octanol–water partition coefficient (Wildman–Crippen LogP) is 1.17. The first-order valence-corrected chi connectivity index (χ1v) is 8.25. The van der Waals surface area contributed by atoms with E-state index in [1.165, 1.54) is 0 Å². The maximum atomic E-state index is 12.5. The molecule has 2 aromatic rings. The molecule has 0 radical (unpaired) electrons. The summed E-state index contributed by atoms with van der Waals surface area (Å²) in [5, 5.41) is 7.32. The predicted molar refractivity (Wildman–Crippen MR) is 95.2 cm³/mol. The van der Waals surface area contributed by atoms with Crippen LogP contribution in [0.4, 0.5) is 0 Å². The molecule has 2 aliphatic rings. The molecule has 0 aliphatic carbocycles. The molecule has 1 N–H and O–H groups in total. The van der Waals surface area contributed by atoms with Gasteiger partial charge in [0.1, 0.15) is 6.54 Å². The molecule has 0 spiro atoms. The van der Waals surface area contributed by atoms with E-state index >= 15 is 0 Å². The minimum absolute atomic E-state index is 0. The molecule has 9 heteroatoms. The summed E-state index contributed by atoms with van der Waals surface area (Å²) in [5.41, 5.74) is 1.79. The number of hydrogen-bond acceptors (Lipinski definition) is 7. The first-order valence-electron chi connectivity index (χ1n) is 8.25. The Hall–Kier alpha value is -2.29. The molecule has 1 unspecified atom stereocenters. The highest BCUT2D eigenvalue weighted by molar-refractivity contribution is 6.21. The molecule has 4 rings (SSSR count). The van der Waals surface area contributed by atoms with Crippen molar-refractivity contribution in [1.29, 1.82) is 0 Å². The third-order valence-corrected chi connectivity index (χ3v) is 4.71. The first-order chi connectivity index (χ1) is 12.0. The smallest absolute Gasteiger partial charge is 0.262 e. The number of halogens is 1. The van der Waals surface area contributed by atoms with Crippen molar-refractivity contribution in [3.05, 3.63) is 46.6 Å². The van der Waals surface area contributed by atoms with Gasteiger partial charge in [0, 0.05) is 19.6 Å². The van der Waals surface area contributed by atoms with E-state index in [4.69, 9.17) is 4.52 Å². The SMILES string of the molecule is Cc1ccc2c(c1)C(=O)N(Cc1nc(C3CNCCN3C)no1)C2=O.Cl. The summed E-state index contributed by atoms with van der Waals surface area (Å²) >= 11 is 0. The number of piperazine rings is 1. The van der Waals surface area contributed by atoms with Crippen molar-refractivity contribution < 1.29 is 14.1 Å². The van der Waals surface area contributed by atoms with Crippen LogP contribution in [0.3, 0.4) is 0 Å². The maximum Gasteiger partial charge on any atom is 0.262 e. The fourth-order valence-corrected chi connectivity index (χ4v) is 3.25. The number of benzene rings is 1. The van der Waals surface area contributed by atoms with Crippen LogP contribution in [-0.4, -0.2) is 58.4 Å². The number of nitrogens with zero attached hydrogens (tertiary/aromatic N) is 4. The zero-order valence-electron chi connectivity index (χ0n) is 14.6. The van der Waals surface area contributed by atoms with Crippen molar-refractivity contribution in [2.24, 2.45) is 0 Å². The molecule has 8 nitrogen and oxygen atoms in total. The van der Waals surface area contributed by atoms with E-state index in [-0.39, 0.29) is 42.7 Å². The number of rotatable bonds is 3.